The number of likely N-dealkylation sites (tertiary alicyclic amines) is 1. The van der Waals surface area contributed by atoms with Crippen LogP contribution in [-0.4, -0.2) is 114 Å². The average Bonchev–Trinajstić information content (AvgIpc) is 3.62. The molecule has 3 aromatic carbocycles. The van der Waals surface area contributed by atoms with Crippen LogP contribution in [0.1, 0.15) is 82.4 Å². The van der Waals surface area contributed by atoms with Gasteiger partial charge in [-0.2, -0.15) is 0 Å². The largest absolute Gasteiger partial charge is 0.490 e. The van der Waals surface area contributed by atoms with E-state index in [-0.39, 0.29) is 42.8 Å². The van der Waals surface area contributed by atoms with Gasteiger partial charge in [0.15, 0.2) is 0 Å². The molecule has 14 heteroatoms. The smallest absolute Gasteiger partial charge is 0.262 e. The topological polar surface area (TPSA) is 127 Å². The number of carbonyl (C=O) groups excluding carboxylic acids is 5. The van der Waals surface area contributed by atoms with Crippen LogP contribution in [0.4, 0.5) is 17.1 Å². The van der Waals surface area contributed by atoms with E-state index >= 15 is 0 Å². The van der Waals surface area contributed by atoms with Gasteiger partial charge in [-0.15, -0.1) is 0 Å². The van der Waals surface area contributed by atoms with Gasteiger partial charge < -0.3 is 24.3 Å². The van der Waals surface area contributed by atoms with E-state index in [1.54, 1.807) is 30.3 Å². The molecule has 7 aliphatic heterocycles. The molecular weight excluding hydrogens is 770 g/mol. The maximum atomic E-state index is 13.8. The van der Waals surface area contributed by atoms with Crippen molar-refractivity contribution in [2.24, 2.45) is 11.3 Å². The number of amides is 5. The van der Waals surface area contributed by atoms with Gasteiger partial charge in [-0.3, -0.25) is 34.2 Å². The zero-order chi connectivity index (χ0) is 40.6. The van der Waals surface area contributed by atoms with E-state index in [0.29, 0.717) is 38.9 Å². The second-order valence-corrected chi connectivity index (χ2v) is 18.1. The minimum atomic E-state index is -0.963. The van der Waals surface area contributed by atoms with E-state index in [1.165, 1.54) is 0 Å². The van der Waals surface area contributed by atoms with E-state index in [4.69, 9.17) is 22.9 Å². The molecule has 1 N–H and O–H groups in total. The Hall–Kier alpha value is -5.45. The van der Waals surface area contributed by atoms with Gasteiger partial charge >= 0.3 is 0 Å². The number of hydrogen-bond donors (Lipinski definition) is 1. The van der Waals surface area contributed by atoms with Crippen molar-refractivity contribution < 1.29 is 28.7 Å². The highest BCUT2D eigenvalue weighted by Crippen LogP contribution is 2.44. The molecule has 0 aromatic heterocycles. The third kappa shape index (κ3) is 6.80. The fourth-order valence-corrected chi connectivity index (χ4v) is 11.1. The Balaban J connectivity index is 0.668. The molecule has 2 bridgehead atoms. The standard InChI is InChI=1S/C45H46ClN7O6/c1-47-38-11-9-33(21-37(38)46)59-34-18-31-6-7-32(19-34)52(31)42(56)28-2-4-29(5-3-28)51-25-45(26-51)23-49(24-45)22-27-14-16-50(17-15-27)30-8-10-35-36(20-30)44(58)53(43(35)57)39-12-13-40(54)48-41(39)55/h2-5,8-11,20-21,27,31-32,34,39H,6-7,12-19,22-26H2,(H,48,54,55). The van der Waals surface area contributed by atoms with Crippen LogP contribution in [0.15, 0.2) is 60.7 Å². The Kier molecular flexibility index (Phi) is 9.40. The van der Waals surface area contributed by atoms with Gasteiger partial charge in [-0.1, -0.05) is 17.7 Å². The van der Waals surface area contributed by atoms with Gasteiger partial charge in [0.2, 0.25) is 17.5 Å². The molecule has 3 unspecified atom stereocenters. The molecular formula is C45H46ClN7O6. The fraction of sp³-hybridized carbons (Fsp3) is 0.467. The van der Waals surface area contributed by atoms with Gasteiger partial charge in [0.05, 0.1) is 22.7 Å². The number of hydrogen-bond acceptors (Lipinski definition) is 9. The molecule has 1 spiro atoms. The second-order valence-electron chi connectivity index (χ2n) is 17.7. The zero-order valence-electron chi connectivity index (χ0n) is 32.8. The first-order valence-electron chi connectivity index (χ1n) is 20.9. The quantitative estimate of drug-likeness (QED) is 0.230. The van der Waals surface area contributed by atoms with Crippen LogP contribution in [0, 0.1) is 17.9 Å². The van der Waals surface area contributed by atoms with Crippen molar-refractivity contribution in [1.82, 2.24) is 20.0 Å². The normalized spacial score (nSPS) is 26.4. The molecule has 0 saturated carbocycles. The van der Waals surface area contributed by atoms with E-state index in [9.17, 15) is 24.0 Å². The molecule has 10 rings (SSSR count). The molecule has 7 heterocycles. The number of anilines is 2. The number of benzene rings is 3. The number of ether oxygens (including phenoxy) is 1. The Morgan fingerprint density at radius 1 is 0.814 bits per heavy atom. The van der Waals surface area contributed by atoms with Crippen molar-refractivity contribution in [1.29, 1.82) is 0 Å². The molecule has 5 amide bonds. The summed E-state index contributed by atoms with van der Waals surface area (Å²) < 4.78 is 6.28. The van der Waals surface area contributed by atoms with Crippen molar-refractivity contribution in [3.05, 3.63) is 93.8 Å². The third-order valence-corrected chi connectivity index (χ3v) is 14.1. The SMILES string of the molecule is [C-]#[N+]c1ccc(OC2CC3CCC(C2)N3C(=O)c2ccc(N3CC4(CN(CC5CCN(c6ccc7c(c6)C(=O)N(C6CCC(=O)NC6=O)C7=O)CC5)C4)C3)cc2)cc1Cl. The predicted octanol–water partition coefficient (Wildman–Crippen LogP) is 5.55. The highest BCUT2D eigenvalue weighted by atomic mass is 35.5. The van der Waals surface area contributed by atoms with Crippen molar-refractivity contribution >= 4 is 58.2 Å². The number of halogens is 1. The molecule has 7 aliphatic rings. The number of nitrogens with zero attached hydrogens (tertiary/aromatic N) is 6. The summed E-state index contributed by atoms with van der Waals surface area (Å²) in [6, 6.07) is 18.1. The lowest BCUT2D eigenvalue weighted by Gasteiger charge is -2.61. The van der Waals surface area contributed by atoms with Crippen LogP contribution in [0.5, 0.6) is 5.75 Å². The predicted molar refractivity (Wildman–Crippen MR) is 220 cm³/mol. The number of nitrogens with one attached hydrogen (secondary N) is 1. The first kappa shape index (κ1) is 37.8. The number of piperidine rings is 3. The van der Waals surface area contributed by atoms with Crippen molar-refractivity contribution in [2.75, 3.05) is 55.6 Å². The van der Waals surface area contributed by atoms with Crippen molar-refractivity contribution in [3.8, 4) is 5.75 Å². The van der Waals surface area contributed by atoms with E-state index in [1.807, 2.05) is 18.2 Å². The molecule has 6 saturated heterocycles. The fourth-order valence-electron chi connectivity index (χ4n) is 10.9. The van der Waals surface area contributed by atoms with Crippen LogP contribution in [-0.2, 0) is 9.59 Å². The number of fused-ring (bicyclic) bond motifs is 3. The lowest BCUT2D eigenvalue weighted by Crippen LogP contribution is -2.72. The molecule has 13 nitrogen and oxygen atoms in total. The summed E-state index contributed by atoms with van der Waals surface area (Å²) >= 11 is 6.23. The maximum absolute atomic E-state index is 13.8. The minimum absolute atomic E-state index is 0.0113. The first-order valence-corrected chi connectivity index (χ1v) is 21.3. The summed E-state index contributed by atoms with van der Waals surface area (Å²) in [4.78, 5) is 78.1. The van der Waals surface area contributed by atoms with Crippen LogP contribution in [0.25, 0.3) is 4.85 Å². The molecule has 59 heavy (non-hydrogen) atoms. The molecule has 3 atom stereocenters. The Morgan fingerprint density at radius 3 is 2.19 bits per heavy atom. The molecule has 3 aromatic rings. The van der Waals surface area contributed by atoms with Gasteiger partial charge in [0.1, 0.15) is 17.9 Å². The summed E-state index contributed by atoms with van der Waals surface area (Å²) in [5.74, 6) is -0.568. The van der Waals surface area contributed by atoms with E-state index < -0.39 is 23.8 Å². The molecule has 0 aliphatic carbocycles. The third-order valence-electron chi connectivity index (χ3n) is 13.8. The number of imide groups is 2. The van der Waals surface area contributed by atoms with Gasteiger partial charge in [0, 0.05) is 99.5 Å². The van der Waals surface area contributed by atoms with Crippen LogP contribution < -0.4 is 19.9 Å². The maximum Gasteiger partial charge on any atom is 0.262 e. The summed E-state index contributed by atoms with van der Waals surface area (Å²) in [5.41, 5.74) is 4.19. The van der Waals surface area contributed by atoms with Crippen molar-refractivity contribution in [2.45, 2.75) is 75.6 Å². The number of rotatable bonds is 8. The Bertz CT molecular complexity index is 2280. The zero-order valence-corrected chi connectivity index (χ0v) is 33.5. The molecule has 304 valence electrons. The molecule has 6 fully saturated rings. The summed E-state index contributed by atoms with van der Waals surface area (Å²) in [6.45, 7) is 14.3. The lowest BCUT2D eigenvalue weighted by molar-refractivity contribution is -0.136. The Labute approximate surface area is 348 Å². The summed E-state index contributed by atoms with van der Waals surface area (Å²) in [6.07, 6.45) is 5.89. The van der Waals surface area contributed by atoms with Gasteiger partial charge in [-0.25, -0.2) is 4.85 Å². The first-order chi connectivity index (χ1) is 28.5. The van der Waals surface area contributed by atoms with E-state index in [0.717, 1.165) is 106 Å². The van der Waals surface area contributed by atoms with E-state index in [2.05, 4.69) is 41.9 Å². The van der Waals surface area contributed by atoms with Gasteiger partial charge in [-0.05, 0) is 92.6 Å². The van der Waals surface area contributed by atoms with Crippen molar-refractivity contribution in [3.63, 3.8) is 0 Å². The highest BCUT2D eigenvalue weighted by molar-refractivity contribution is 6.33. The van der Waals surface area contributed by atoms with Gasteiger partial charge in [0.25, 0.3) is 17.7 Å². The van der Waals surface area contributed by atoms with Crippen LogP contribution in [0.2, 0.25) is 5.02 Å². The molecule has 0 radical (unpaired) electrons. The van der Waals surface area contributed by atoms with Crippen LogP contribution in [0.3, 0.4) is 0 Å². The monoisotopic (exact) mass is 815 g/mol. The second kappa shape index (κ2) is 14.7. The highest BCUT2D eigenvalue weighted by Gasteiger charge is 2.52. The summed E-state index contributed by atoms with van der Waals surface area (Å²) in [5, 5.41) is 2.64. The van der Waals surface area contributed by atoms with Crippen LogP contribution >= 0.6 is 11.6 Å². The average molecular weight is 816 g/mol. The minimum Gasteiger partial charge on any atom is -0.490 e. The summed E-state index contributed by atoms with van der Waals surface area (Å²) in [7, 11) is 0. The number of carbonyl (C=O) groups is 5. The Morgan fingerprint density at radius 2 is 1.51 bits per heavy atom. The lowest BCUT2D eigenvalue weighted by atomic mass is 9.72.